The van der Waals surface area contributed by atoms with E-state index in [1.165, 1.54) is 10.6 Å². The molecule has 2 saturated carbocycles. The number of benzene rings is 2. The molecule has 0 amide bonds. The zero-order valence-electron chi connectivity index (χ0n) is 22.6. The van der Waals surface area contributed by atoms with Crippen LogP contribution in [0.25, 0.3) is 28.1 Å². The van der Waals surface area contributed by atoms with E-state index in [1.807, 2.05) is 0 Å². The third-order valence-corrected chi connectivity index (χ3v) is 8.90. The molecule has 2 aromatic carbocycles. The van der Waals surface area contributed by atoms with E-state index in [0.717, 1.165) is 43.5 Å². The number of imidazole rings is 1. The summed E-state index contributed by atoms with van der Waals surface area (Å²) < 4.78 is 36.5. The van der Waals surface area contributed by atoms with Crippen molar-refractivity contribution >= 4 is 10.9 Å². The number of aryl methyl sites for hydroxylation is 2. The van der Waals surface area contributed by atoms with Gasteiger partial charge in [-0.25, -0.2) is 18.3 Å². The summed E-state index contributed by atoms with van der Waals surface area (Å²) in [4.78, 5) is 14.0. The van der Waals surface area contributed by atoms with E-state index in [1.54, 1.807) is 64.6 Å². The van der Waals surface area contributed by atoms with Crippen molar-refractivity contribution in [1.82, 2.24) is 34.0 Å². The fraction of sp³-hybridized carbons (Fsp3) is 0.367. The van der Waals surface area contributed by atoms with Crippen LogP contribution in [-0.2, 0) is 5.41 Å². The standard InChI is InChI=1S/C30H29F2N7O/c1-16-10-22(11-17(2)25(16)32)39-28(24-18(3)33-15-30(6-7-30)27(24)35-39)37-9-8-36(29(37)40)21-12-19-14-34-38(20-4-5-20)26(19)23(31)13-21/h8-14,18,20,33H,4-7,15H2,1-3H3/t18-/m0/s1. The van der Waals surface area contributed by atoms with Crippen molar-refractivity contribution in [1.29, 1.82) is 0 Å². The Kier molecular flexibility index (Phi) is 4.76. The van der Waals surface area contributed by atoms with Crippen LogP contribution in [-0.4, -0.2) is 35.2 Å². The molecule has 0 radical (unpaired) electrons. The van der Waals surface area contributed by atoms with E-state index in [9.17, 15) is 9.18 Å². The Morgan fingerprint density at radius 3 is 2.42 bits per heavy atom. The van der Waals surface area contributed by atoms with Crippen LogP contribution < -0.4 is 11.0 Å². The minimum absolute atomic E-state index is 0.0371. The first-order valence-electron chi connectivity index (χ1n) is 13.9. The molecule has 2 aliphatic carbocycles. The third kappa shape index (κ3) is 3.28. The van der Waals surface area contributed by atoms with Gasteiger partial charge in [-0.15, -0.1) is 0 Å². The Hall–Kier alpha value is -4.05. The molecule has 3 aromatic heterocycles. The summed E-state index contributed by atoms with van der Waals surface area (Å²) >= 11 is 0. The molecular formula is C30H29F2N7O. The topological polar surface area (TPSA) is 74.6 Å². The summed E-state index contributed by atoms with van der Waals surface area (Å²) in [5.41, 5.74) is 4.21. The normalized spacial score (nSPS) is 19.5. The molecule has 8 rings (SSSR count). The van der Waals surface area contributed by atoms with Crippen LogP contribution in [0.2, 0.25) is 0 Å². The molecule has 1 spiro atoms. The molecule has 0 bridgehead atoms. The van der Waals surface area contributed by atoms with Gasteiger partial charge in [-0.05, 0) is 75.8 Å². The van der Waals surface area contributed by atoms with Gasteiger partial charge in [0.1, 0.15) is 17.2 Å². The number of halogens is 2. The van der Waals surface area contributed by atoms with Gasteiger partial charge in [0.25, 0.3) is 0 Å². The van der Waals surface area contributed by atoms with Gasteiger partial charge in [0.05, 0.1) is 29.3 Å². The van der Waals surface area contributed by atoms with Gasteiger partial charge in [0, 0.05) is 47.4 Å². The third-order valence-electron chi connectivity index (χ3n) is 8.90. The van der Waals surface area contributed by atoms with E-state index in [0.29, 0.717) is 39.2 Å². The van der Waals surface area contributed by atoms with Crippen LogP contribution in [0, 0.1) is 25.5 Å². The van der Waals surface area contributed by atoms with Crippen LogP contribution in [0.3, 0.4) is 0 Å². The first-order chi connectivity index (χ1) is 19.3. The molecular weight excluding hydrogens is 512 g/mol. The quantitative estimate of drug-likeness (QED) is 0.344. The van der Waals surface area contributed by atoms with Crippen molar-refractivity contribution in [3.63, 3.8) is 0 Å². The second-order valence-electron chi connectivity index (χ2n) is 11.8. The molecule has 0 saturated heterocycles. The van der Waals surface area contributed by atoms with Crippen molar-refractivity contribution < 1.29 is 8.78 Å². The van der Waals surface area contributed by atoms with Gasteiger partial charge in [0.15, 0.2) is 5.82 Å². The second-order valence-corrected chi connectivity index (χ2v) is 11.8. The maximum atomic E-state index is 15.4. The smallest absolute Gasteiger partial charge is 0.309 e. The molecule has 1 N–H and O–H groups in total. The van der Waals surface area contributed by atoms with Crippen molar-refractivity contribution in [3.8, 4) is 17.2 Å². The summed E-state index contributed by atoms with van der Waals surface area (Å²) in [6, 6.07) is 6.95. The summed E-state index contributed by atoms with van der Waals surface area (Å²) in [6.45, 7) is 6.39. The number of hydrogen-bond acceptors (Lipinski definition) is 4. The van der Waals surface area contributed by atoms with Crippen molar-refractivity contribution in [3.05, 3.63) is 87.4 Å². The van der Waals surface area contributed by atoms with Gasteiger partial charge >= 0.3 is 5.69 Å². The first kappa shape index (κ1) is 23.8. The summed E-state index contributed by atoms with van der Waals surface area (Å²) in [6.07, 6.45) is 9.08. The van der Waals surface area contributed by atoms with E-state index < -0.39 is 5.82 Å². The number of nitrogens with one attached hydrogen (secondary N) is 1. The monoisotopic (exact) mass is 541 g/mol. The van der Waals surface area contributed by atoms with Gasteiger partial charge < -0.3 is 5.32 Å². The lowest BCUT2D eigenvalue weighted by molar-refractivity contribution is 0.459. The van der Waals surface area contributed by atoms with Crippen LogP contribution in [0.5, 0.6) is 0 Å². The lowest BCUT2D eigenvalue weighted by Gasteiger charge is -2.27. The summed E-state index contributed by atoms with van der Waals surface area (Å²) in [7, 11) is 0. The Balaban J connectivity index is 1.33. The highest BCUT2D eigenvalue weighted by Gasteiger charge is 2.52. The minimum atomic E-state index is -0.398. The van der Waals surface area contributed by atoms with Crippen molar-refractivity contribution in [2.75, 3.05) is 6.54 Å². The Morgan fingerprint density at radius 1 is 1.00 bits per heavy atom. The maximum Gasteiger partial charge on any atom is 0.338 e. The van der Waals surface area contributed by atoms with E-state index in [2.05, 4.69) is 17.3 Å². The largest absolute Gasteiger partial charge is 0.338 e. The van der Waals surface area contributed by atoms with Gasteiger partial charge in [-0.2, -0.15) is 10.2 Å². The lowest BCUT2D eigenvalue weighted by Crippen LogP contribution is -2.36. The fourth-order valence-electron chi connectivity index (χ4n) is 6.36. The van der Waals surface area contributed by atoms with Gasteiger partial charge in [-0.3, -0.25) is 13.8 Å². The predicted molar refractivity (Wildman–Crippen MR) is 147 cm³/mol. The number of fused-ring (bicyclic) bond motifs is 3. The van der Waals surface area contributed by atoms with Crippen LogP contribution in [0.1, 0.15) is 67.1 Å². The molecule has 204 valence electrons. The summed E-state index contributed by atoms with van der Waals surface area (Å²) in [5.74, 6) is -0.0235. The van der Waals surface area contributed by atoms with Gasteiger partial charge in [0.2, 0.25) is 0 Å². The van der Waals surface area contributed by atoms with Crippen LogP contribution >= 0.6 is 0 Å². The molecule has 4 heterocycles. The number of aromatic nitrogens is 6. The zero-order chi connectivity index (χ0) is 27.5. The highest BCUT2D eigenvalue weighted by atomic mass is 19.1. The SMILES string of the molecule is Cc1cc(-n2nc3c(c2-n2ccn(-c4cc(F)c5c(cnn5C5CC5)c4)c2=O)[C@H](C)NCC32CC2)cc(C)c1F. The van der Waals surface area contributed by atoms with E-state index >= 15 is 4.39 Å². The Morgan fingerprint density at radius 2 is 1.73 bits per heavy atom. The number of hydrogen-bond donors (Lipinski definition) is 1. The predicted octanol–water partition coefficient (Wildman–Crippen LogP) is 5.09. The molecule has 3 aliphatic rings. The average molecular weight is 542 g/mol. The van der Waals surface area contributed by atoms with Crippen LogP contribution in [0.15, 0.2) is 47.7 Å². The molecule has 1 atom stereocenters. The average Bonchev–Trinajstić information content (AvgIpc) is 3.80. The number of nitrogens with zero attached hydrogens (tertiary/aromatic N) is 6. The first-order valence-corrected chi connectivity index (χ1v) is 13.9. The van der Waals surface area contributed by atoms with Crippen LogP contribution in [0.4, 0.5) is 8.78 Å². The molecule has 8 nitrogen and oxygen atoms in total. The molecule has 2 fully saturated rings. The highest BCUT2D eigenvalue weighted by Crippen LogP contribution is 2.53. The molecule has 0 unspecified atom stereocenters. The van der Waals surface area contributed by atoms with Gasteiger partial charge in [-0.1, -0.05) is 0 Å². The zero-order valence-corrected chi connectivity index (χ0v) is 22.6. The molecule has 1 aliphatic heterocycles. The minimum Gasteiger partial charge on any atom is -0.309 e. The maximum absolute atomic E-state index is 15.4. The molecule has 5 aromatic rings. The van der Waals surface area contributed by atoms with E-state index in [-0.39, 0.29) is 29.0 Å². The number of rotatable bonds is 4. The fourth-order valence-corrected chi connectivity index (χ4v) is 6.36. The summed E-state index contributed by atoms with van der Waals surface area (Å²) in [5, 5.41) is 13.8. The lowest BCUT2D eigenvalue weighted by atomic mass is 9.90. The highest BCUT2D eigenvalue weighted by molar-refractivity contribution is 5.82. The second kappa shape index (κ2) is 8.00. The molecule has 40 heavy (non-hydrogen) atoms. The molecule has 10 heteroatoms. The van der Waals surface area contributed by atoms with Crippen molar-refractivity contribution in [2.45, 2.75) is 64.0 Å². The van der Waals surface area contributed by atoms with Crippen molar-refractivity contribution in [2.24, 2.45) is 0 Å². The Labute approximate surface area is 228 Å². The van der Waals surface area contributed by atoms with E-state index in [4.69, 9.17) is 5.10 Å². The Bertz CT molecular complexity index is 1890.